The van der Waals surface area contributed by atoms with Crippen molar-refractivity contribution in [2.75, 3.05) is 14.2 Å². The molecule has 0 amide bonds. The van der Waals surface area contributed by atoms with Gasteiger partial charge in [0.25, 0.3) is 0 Å². The second-order valence-electron chi connectivity index (χ2n) is 4.56. The highest BCUT2D eigenvalue weighted by molar-refractivity contribution is 7.05. The number of ether oxygens (including phenoxy) is 1. The quantitative estimate of drug-likeness (QED) is 0.910. The fourth-order valence-electron chi connectivity index (χ4n) is 1.96. The molecule has 6 heteroatoms. The first-order chi connectivity index (χ1) is 9.17. The summed E-state index contributed by atoms with van der Waals surface area (Å²) in [6.45, 7) is 4.24. The van der Waals surface area contributed by atoms with Crippen molar-refractivity contribution in [2.24, 2.45) is 0 Å². The summed E-state index contributed by atoms with van der Waals surface area (Å²) in [5.41, 5.74) is 2.09. The van der Waals surface area contributed by atoms with Crippen LogP contribution in [-0.2, 0) is 0 Å². The average Bonchev–Trinajstić information content (AvgIpc) is 2.89. The zero-order chi connectivity index (χ0) is 13.8. The number of hydrogen-bond acceptors (Lipinski definition) is 6. The predicted octanol–water partition coefficient (Wildman–Crippen LogP) is 2.37. The minimum absolute atomic E-state index is 0.0417. The van der Waals surface area contributed by atoms with Crippen LogP contribution in [0.1, 0.15) is 41.9 Å². The third kappa shape index (κ3) is 2.90. The van der Waals surface area contributed by atoms with Crippen molar-refractivity contribution in [3.05, 3.63) is 34.6 Å². The lowest BCUT2D eigenvalue weighted by Gasteiger charge is -2.17. The van der Waals surface area contributed by atoms with Gasteiger partial charge in [0, 0.05) is 6.20 Å². The molecular formula is C13H18N4OS. The number of hydrogen-bond donors (Lipinski definition) is 1. The molecule has 2 aromatic rings. The molecule has 2 rings (SSSR count). The van der Waals surface area contributed by atoms with Gasteiger partial charge in [-0.15, -0.1) is 5.10 Å². The van der Waals surface area contributed by atoms with Crippen LogP contribution >= 0.6 is 11.5 Å². The van der Waals surface area contributed by atoms with Crippen LogP contribution in [0.15, 0.2) is 18.5 Å². The summed E-state index contributed by atoms with van der Waals surface area (Å²) < 4.78 is 9.31. The van der Waals surface area contributed by atoms with Gasteiger partial charge in [-0.2, -0.15) is 0 Å². The number of pyridine rings is 1. The van der Waals surface area contributed by atoms with Gasteiger partial charge in [0.15, 0.2) is 0 Å². The Labute approximate surface area is 117 Å². The molecule has 0 aliphatic carbocycles. The van der Waals surface area contributed by atoms with Gasteiger partial charge in [0.2, 0.25) is 0 Å². The standard InChI is InChI=1S/C13H18N4OS/c1-8(2)11-13(19-17-16-11)12(14-3)9-5-10(18-4)7-15-6-9/h5-8,12,14H,1-4H3. The van der Waals surface area contributed by atoms with E-state index in [9.17, 15) is 0 Å². The summed E-state index contributed by atoms with van der Waals surface area (Å²) in [6.07, 6.45) is 3.54. The number of aromatic nitrogens is 3. The van der Waals surface area contributed by atoms with Gasteiger partial charge < -0.3 is 10.1 Å². The second-order valence-corrected chi connectivity index (χ2v) is 5.34. The molecule has 0 aliphatic rings. The smallest absolute Gasteiger partial charge is 0.137 e. The molecule has 5 nitrogen and oxygen atoms in total. The Morgan fingerprint density at radius 1 is 1.32 bits per heavy atom. The van der Waals surface area contributed by atoms with Gasteiger partial charge in [0.05, 0.1) is 29.9 Å². The Morgan fingerprint density at radius 3 is 2.74 bits per heavy atom. The van der Waals surface area contributed by atoms with Gasteiger partial charge in [0.1, 0.15) is 5.75 Å². The SMILES string of the molecule is CNC(c1cncc(OC)c1)c1snnc1C(C)C. The maximum atomic E-state index is 5.23. The molecule has 102 valence electrons. The lowest BCUT2D eigenvalue weighted by atomic mass is 10.0. The number of nitrogens with one attached hydrogen (secondary N) is 1. The summed E-state index contributed by atoms with van der Waals surface area (Å²) in [5, 5.41) is 7.53. The van der Waals surface area contributed by atoms with Crippen LogP contribution < -0.4 is 10.1 Å². The fraction of sp³-hybridized carbons (Fsp3) is 0.462. The van der Waals surface area contributed by atoms with Crippen LogP contribution in [0, 0.1) is 0 Å². The first kappa shape index (κ1) is 13.9. The van der Waals surface area contributed by atoms with E-state index in [2.05, 4.69) is 33.7 Å². The molecule has 1 atom stereocenters. The van der Waals surface area contributed by atoms with Crippen LogP contribution in [0.2, 0.25) is 0 Å². The van der Waals surface area contributed by atoms with E-state index in [1.165, 1.54) is 11.5 Å². The Kier molecular flexibility index (Phi) is 4.44. The normalized spacial score (nSPS) is 12.7. The second kappa shape index (κ2) is 6.08. The van der Waals surface area contributed by atoms with Crippen molar-refractivity contribution in [2.45, 2.75) is 25.8 Å². The molecule has 2 aromatic heterocycles. The molecular weight excluding hydrogens is 260 g/mol. The van der Waals surface area contributed by atoms with Crippen molar-refractivity contribution in [3.8, 4) is 5.75 Å². The van der Waals surface area contributed by atoms with E-state index in [1.807, 2.05) is 19.3 Å². The van der Waals surface area contributed by atoms with E-state index >= 15 is 0 Å². The van der Waals surface area contributed by atoms with Crippen molar-refractivity contribution < 1.29 is 4.74 Å². The summed E-state index contributed by atoms with van der Waals surface area (Å²) >= 11 is 1.43. The topological polar surface area (TPSA) is 59.9 Å². The van der Waals surface area contributed by atoms with Gasteiger partial charge >= 0.3 is 0 Å². The maximum Gasteiger partial charge on any atom is 0.137 e. The monoisotopic (exact) mass is 278 g/mol. The minimum atomic E-state index is 0.0417. The summed E-state index contributed by atoms with van der Waals surface area (Å²) in [6, 6.07) is 2.03. The molecule has 0 fully saturated rings. The summed E-state index contributed by atoms with van der Waals surface area (Å²) in [7, 11) is 3.57. The molecule has 2 heterocycles. The minimum Gasteiger partial charge on any atom is -0.495 e. The van der Waals surface area contributed by atoms with Gasteiger partial charge in [-0.05, 0) is 36.1 Å². The number of rotatable bonds is 5. The van der Waals surface area contributed by atoms with Crippen molar-refractivity contribution in [3.63, 3.8) is 0 Å². The lowest BCUT2D eigenvalue weighted by molar-refractivity contribution is 0.411. The predicted molar refractivity (Wildman–Crippen MR) is 75.7 cm³/mol. The molecule has 0 aromatic carbocycles. The third-order valence-electron chi connectivity index (χ3n) is 2.94. The fourth-order valence-corrected chi connectivity index (χ4v) is 2.91. The third-order valence-corrected chi connectivity index (χ3v) is 3.75. The number of nitrogens with zero attached hydrogens (tertiary/aromatic N) is 3. The molecule has 0 saturated carbocycles. The lowest BCUT2D eigenvalue weighted by Crippen LogP contribution is -2.18. The molecule has 19 heavy (non-hydrogen) atoms. The zero-order valence-electron chi connectivity index (χ0n) is 11.5. The number of methoxy groups -OCH3 is 1. The van der Waals surface area contributed by atoms with Gasteiger partial charge in [-0.3, -0.25) is 4.98 Å². The highest BCUT2D eigenvalue weighted by Crippen LogP contribution is 2.31. The van der Waals surface area contributed by atoms with E-state index in [-0.39, 0.29) is 6.04 Å². The first-order valence-electron chi connectivity index (χ1n) is 6.15. The average molecular weight is 278 g/mol. The maximum absolute atomic E-state index is 5.23. The first-order valence-corrected chi connectivity index (χ1v) is 6.93. The van der Waals surface area contributed by atoms with Gasteiger partial charge in [-0.1, -0.05) is 18.3 Å². The molecule has 0 aliphatic heterocycles. The van der Waals surface area contributed by atoms with Crippen LogP contribution in [0.25, 0.3) is 0 Å². The van der Waals surface area contributed by atoms with E-state index in [0.29, 0.717) is 5.92 Å². The van der Waals surface area contributed by atoms with Crippen molar-refractivity contribution in [1.29, 1.82) is 0 Å². The highest BCUT2D eigenvalue weighted by Gasteiger charge is 2.22. The van der Waals surface area contributed by atoms with Gasteiger partial charge in [-0.25, -0.2) is 0 Å². The largest absolute Gasteiger partial charge is 0.495 e. The van der Waals surface area contributed by atoms with Crippen LogP contribution in [0.4, 0.5) is 0 Å². The highest BCUT2D eigenvalue weighted by atomic mass is 32.1. The molecule has 0 bridgehead atoms. The van der Waals surface area contributed by atoms with E-state index < -0.39 is 0 Å². The Bertz CT molecular complexity index is 541. The molecule has 0 radical (unpaired) electrons. The molecule has 1 unspecified atom stereocenters. The van der Waals surface area contributed by atoms with Crippen LogP contribution in [0.3, 0.4) is 0 Å². The Balaban J connectivity index is 2.41. The Hall–Kier alpha value is -1.53. The molecule has 0 spiro atoms. The zero-order valence-corrected chi connectivity index (χ0v) is 12.4. The van der Waals surface area contributed by atoms with Crippen molar-refractivity contribution >= 4 is 11.5 Å². The van der Waals surface area contributed by atoms with Crippen LogP contribution in [-0.4, -0.2) is 28.7 Å². The molecule has 0 saturated heterocycles. The summed E-state index contributed by atoms with van der Waals surface area (Å²) in [5.74, 6) is 1.10. The van der Waals surface area contributed by atoms with Crippen molar-refractivity contribution in [1.82, 2.24) is 19.9 Å². The van der Waals surface area contributed by atoms with E-state index in [1.54, 1.807) is 13.3 Å². The molecule has 1 N–H and O–H groups in total. The van der Waals surface area contributed by atoms with Crippen LogP contribution in [0.5, 0.6) is 5.75 Å². The van der Waals surface area contributed by atoms with E-state index in [0.717, 1.165) is 21.9 Å². The van der Waals surface area contributed by atoms with E-state index in [4.69, 9.17) is 4.74 Å². The Morgan fingerprint density at radius 2 is 2.11 bits per heavy atom. The summed E-state index contributed by atoms with van der Waals surface area (Å²) in [4.78, 5) is 5.34.